The highest BCUT2D eigenvalue weighted by Gasteiger charge is 2.25. The number of carbonyl (C=O) groups excluding carboxylic acids is 2. The van der Waals surface area contributed by atoms with Gasteiger partial charge < -0.3 is 4.74 Å². The number of nitrogens with zero attached hydrogens (tertiary/aromatic N) is 3. The van der Waals surface area contributed by atoms with Crippen molar-refractivity contribution in [1.29, 1.82) is 0 Å². The van der Waals surface area contributed by atoms with Crippen LogP contribution in [0.25, 0.3) is 16.6 Å². The Balaban J connectivity index is 2.26. The minimum Gasteiger partial charge on any atom is -0.449 e. The van der Waals surface area contributed by atoms with E-state index in [2.05, 4.69) is 4.99 Å². The molecule has 0 radical (unpaired) electrons. The molecule has 0 saturated heterocycles. The molecule has 0 saturated carbocycles. The molecule has 1 aliphatic heterocycles. The van der Waals surface area contributed by atoms with E-state index in [1.807, 2.05) is 24.3 Å². The van der Waals surface area contributed by atoms with E-state index in [0.29, 0.717) is 32.9 Å². The lowest BCUT2D eigenvalue weighted by Crippen LogP contribution is -2.39. The largest absolute Gasteiger partial charge is 0.449 e. The molecule has 1 aliphatic rings. The maximum absolute atomic E-state index is 12.8. The number of hydrogen-bond acceptors (Lipinski definition) is 5. The molecule has 27 heavy (non-hydrogen) atoms. The Bertz CT molecular complexity index is 1170. The van der Waals surface area contributed by atoms with E-state index >= 15 is 0 Å². The summed E-state index contributed by atoms with van der Waals surface area (Å²) in [6.45, 7) is 1.60. The standard InChI is InChI=1S/C20H17N3O4/c1-2-27-20(25)23-15-11-7-6-10-14(15)17-19(23)18(13-8-4-3-5-9-13)22(26)12-16(24)21-17/h3-11,26H,2,12H2,1H3. The number of para-hydroxylation sites is 1. The lowest BCUT2D eigenvalue weighted by molar-refractivity contribution is -0.125. The summed E-state index contributed by atoms with van der Waals surface area (Å²) in [7, 11) is 0. The molecular formula is C20H17N3O4. The first-order valence-electron chi connectivity index (χ1n) is 8.56. The molecule has 0 atom stereocenters. The van der Waals surface area contributed by atoms with Gasteiger partial charge in [-0.3, -0.25) is 10.0 Å². The van der Waals surface area contributed by atoms with Gasteiger partial charge in [0.1, 0.15) is 17.3 Å². The molecule has 4 rings (SSSR count). The highest BCUT2D eigenvalue weighted by Crippen LogP contribution is 2.18. The molecule has 0 spiro atoms. The highest BCUT2D eigenvalue weighted by molar-refractivity contribution is 5.93. The van der Waals surface area contributed by atoms with Crippen LogP contribution < -0.4 is 10.7 Å². The fourth-order valence-electron chi connectivity index (χ4n) is 3.30. The van der Waals surface area contributed by atoms with Crippen LogP contribution in [-0.4, -0.2) is 40.0 Å². The zero-order valence-electron chi connectivity index (χ0n) is 14.6. The Kier molecular flexibility index (Phi) is 4.21. The Morgan fingerprint density at radius 1 is 1.15 bits per heavy atom. The van der Waals surface area contributed by atoms with Gasteiger partial charge in [-0.2, -0.15) is 0 Å². The van der Waals surface area contributed by atoms with E-state index < -0.39 is 12.0 Å². The fourth-order valence-corrected chi connectivity index (χ4v) is 3.30. The third-order valence-electron chi connectivity index (χ3n) is 4.35. The molecule has 1 amide bonds. The van der Waals surface area contributed by atoms with Crippen molar-refractivity contribution in [3.63, 3.8) is 0 Å². The monoisotopic (exact) mass is 363 g/mol. The van der Waals surface area contributed by atoms with Crippen molar-refractivity contribution in [3.05, 3.63) is 70.9 Å². The Hall–Kier alpha value is -3.45. The molecule has 7 heteroatoms. The number of carbonyl (C=O) groups is 2. The van der Waals surface area contributed by atoms with Gasteiger partial charge in [0, 0.05) is 10.9 Å². The predicted molar refractivity (Wildman–Crippen MR) is 97.6 cm³/mol. The second-order valence-corrected chi connectivity index (χ2v) is 6.03. The van der Waals surface area contributed by atoms with Gasteiger partial charge in [0.15, 0.2) is 0 Å². The number of rotatable bonds is 2. The van der Waals surface area contributed by atoms with Gasteiger partial charge in [-0.05, 0) is 13.0 Å². The van der Waals surface area contributed by atoms with Crippen LogP contribution in [0.1, 0.15) is 12.5 Å². The summed E-state index contributed by atoms with van der Waals surface area (Å²) in [4.78, 5) is 29.2. The SMILES string of the molecule is CCOC(=O)n1c2c(c3ccccc31)=NC(=O)CN(O)C=2c1ccccc1. The van der Waals surface area contributed by atoms with Crippen LogP contribution in [0.3, 0.4) is 0 Å². The maximum atomic E-state index is 12.8. The molecule has 136 valence electrons. The summed E-state index contributed by atoms with van der Waals surface area (Å²) in [6, 6.07) is 16.2. The Labute approximate surface area is 154 Å². The summed E-state index contributed by atoms with van der Waals surface area (Å²) in [5, 5.41) is 12.8. The summed E-state index contributed by atoms with van der Waals surface area (Å²) >= 11 is 0. The number of aromatic nitrogens is 1. The fraction of sp³-hybridized carbons (Fsp3) is 0.150. The van der Waals surface area contributed by atoms with E-state index in [0.717, 1.165) is 5.06 Å². The summed E-state index contributed by atoms with van der Waals surface area (Å²) in [5.74, 6) is -0.503. The van der Waals surface area contributed by atoms with Crippen LogP contribution >= 0.6 is 0 Å². The second-order valence-electron chi connectivity index (χ2n) is 6.03. The van der Waals surface area contributed by atoms with Gasteiger partial charge in [0.05, 0.1) is 17.8 Å². The van der Waals surface area contributed by atoms with Crippen molar-refractivity contribution in [3.8, 4) is 0 Å². The minimum atomic E-state index is -0.596. The van der Waals surface area contributed by atoms with Crippen molar-refractivity contribution in [2.75, 3.05) is 13.2 Å². The molecule has 7 nitrogen and oxygen atoms in total. The summed E-state index contributed by atoms with van der Waals surface area (Å²) in [5.41, 5.74) is 1.53. The number of hydroxylamine groups is 2. The maximum Gasteiger partial charge on any atom is 0.419 e. The van der Waals surface area contributed by atoms with Crippen molar-refractivity contribution < 1.29 is 19.5 Å². The van der Waals surface area contributed by atoms with E-state index in [9.17, 15) is 14.8 Å². The molecule has 0 bridgehead atoms. The molecule has 1 N–H and O–H groups in total. The number of hydrogen-bond donors (Lipinski definition) is 1. The lowest BCUT2D eigenvalue weighted by atomic mass is 10.1. The Morgan fingerprint density at radius 3 is 2.59 bits per heavy atom. The summed E-state index contributed by atoms with van der Waals surface area (Å²) < 4.78 is 6.59. The molecule has 0 aliphatic carbocycles. The van der Waals surface area contributed by atoms with E-state index in [-0.39, 0.29) is 13.2 Å². The first-order chi connectivity index (χ1) is 13.1. The average Bonchev–Trinajstić information content (AvgIpc) is 2.90. The van der Waals surface area contributed by atoms with Crippen molar-refractivity contribution in [2.24, 2.45) is 4.99 Å². The van der Waals surface area contributed by atoms with Crippen LogP contribution in [-0.2, 0) is 9.53 Å². The van der Waals surface area contributed by atoms with Crippen LogP contribution in [0.5, 0.6) is 0 Å². The minimum absolute atomic E-state index is 0.194. The highest BCUT2D eigenvalue weighted by atomic mass is 16.5. The van der Waals surface area contributed by atoms with Crippen LogP contribution in [0, 0.1) is 0 Å². The first-order valence-corrected chi connectivity index (χ1v) is 8.56. The third kappa shape index (κ3) is 2.78. The van der Waals surface area contributed by atoms with Gasteiger partial charge in [-0.15, -0.1) is 0 Å². The molecule has 1 aromatic heterocycles. The van der Waals surface area contributed by atoms with E-state index in [4.69, 9.17) is 4.74 Å². The number of fused-ring (bicyclic) bond motifs is 3. The van der Waals surface area contributed by atoms with Crippen LogP contribution in [0.15, 0.2) is 59.6 Å². The normalized spacial score (nSPS) is 13.9. The molecule has 2 heterocycles. The molecule has 2 aromatic carbocycles. The quantitative estimate of drug-likeness (QED) is 0.749. The zero-order chi connectivity index (χ0) is 19.0. The van der Waals surface area contributed by atoms with Crippen molar-refractivity contribution >= 4 is 28.6 Å². The average molecular weight is 363 g/mol. The van der Waals surface area contributed by atoms with Crippen molar-refractivity contribution in [2.45, 2.75) is 6.92 Å². The number of amides is 1. The summed E-state index contributed by atoms with van der Waals surface area (Å²) in [6.07, 6.45) is -0.596. The molecule has 0 fully saturated rings. The van der Waals surface area contributed by atoms with Gasteiger partial charge in [0.2, 0.25) is 0 Å². The Morgan fingerprint density at radius 2 is 1.85 bits per heavy atom. The third-order valence-corrected chi connectivity index (χ3v) is 4.35. The van der Waals surface area contributed by atoms with E-state index in [1.165, 1.54) is 4.57 Å². The smallest absolute Gasteiger partial charge is 0.419 e. The molecule has 0 unspecified atom stereocenters. The van der Waals surface area contributed by atoms with Gasteiger partial charge >= 0.3 is 6.09 Å². The number of ether oxygens (including phenoxy) is 1. The van der Waals surface area contributed by atoms with Gasteiger partial charge in [-0.25, -0.2) is 19.4 Å². The zero-order valence-corrected chi connectivity index (χ0v) is 14.6. The first kappa shape index (κ1) is 17.0. The number of benzene rings is 2. The lowest BCUT2D eigenvalue weighted by Gasteiger charge is -2.18. The molecular weight excluding hydrogens is 346 g/mol. The van der Waals surface area contributed by atoms with Gasteiger partial charge in [0.25, 0.3) is 5.91 Å². The topological polar surface area (TPSA) is 84.1 Å². The van der Waals surface area contributed by atoms with Crippen LogP contribution in [0.2, 0.25) is 0 Å². The predicted octanol–water partition coefficient (Wildman–Crippen LogP) is 1.65. The molecule has 3 aromatic rings. The van der Waals surface area contributed by atoms with Crippen LogP contribution in [0.4, 0.5) is 4.79 Å². The van der Waals surface area contributed by atoms with Crippen molar-refractivity contribution in [1.82, 2.24) is 9.63 Å². The van der Waals surface area contributed by atoms with Gasteiger partial charge in [-0.1, -0.05) is 48.5 Å². The van der Waals surface area contributed by atoms with E-state index in [1.54, 1.807) is 37.3 Å². The second kappa shape index (κ2) is 6.69.